The van der Waals surface area contributed by atoms with Crippen molar-refractivity contribution in [3.05, 3.63) is 28.0 Å². The molecule has 13 heavy (non-hydrogen) atoms. The summed E-state index contributed by atoms with van der Waals surface area (Å²) in [5.74, 6) is 0. The molecular formula is C8H6IN3O. The molecule has 0 bridgehead atoms. The number of carbonyl (C=O) groups excluding carboxylic acids is 1. The fourth-order valence-corrected chi connectivity index (χ4v) is 1.69. The minimum atomic E-state index is -0.559. The quantitative estimate of drug-likeness (QED) is 0.748. The summed E-state index contributed by atoms with van der Waals surface area (Å²) >= 11 is 2.20. The van der Waals surface area contributed by atoms with E-state index in [-0.39, 0.29) is 0 Å². The van der Waals surface area contributed by atoms with Crippen LogP contribution in [-0.4, -0.2) is 15.8 Å². The smallest absolute Gasteiger partial charge is 0.340 e. The molecule has 0 aliphatic rings. The number of amides is 1. The summed E-state index contributed by atoms with van der Waals surface area (Å²) in [4.78, 5) is 10.9. The van der Waals surface area contributed by atoms with E-state index >= 15 is 0 Å². The molecule has 2 N–H and O–H groups in total. The molecule has 0 aliphatic carbocycles. The summed E-state index contributed by atoms with van der Waals surface area (Å²) in [5, 5.41) is 4.80. The van der Waals surface area contributed by atoms with Crippen molar-refractivity contribution in [2.24, 2.45) is 5.73 Å². The summed E-state index contributed by atoms with van der Waals surface area (Å²) in [6.07, 6.45) is 1.63. The molecular weight excluding hydrogens is 281 g/mol. The van der Waals surface area contributed by atoms with Crippen LogP contribution in [0.25, 0.3) is 10.9 Å². The van der Waals surface area contributed by atoms with Crippen molar-refractivity contribution in [3.63, 3.8) is 0 Å². The third kappa shape index (κ3) is 1.39. The molecule has 66 valence electrons. The fourth-order valence-electron chi connectivity index (χ4n) is 1.18. The maximum absolute atomic E-state index is 10.9. The van der Waals surface area contributed by atoms with Crippen LogP contribution in [-0.2, 0) is 0 Å². The van der Waals surface area contributed by atoms with Gasteiger partial charge in [0.15, 0.2) is 0 Å². The molecule has 2 aromatic rings. The minimum absolute atomic E-state index is 0.559. The number of fused-ring (bicyclic) bond motifs is 1. The maximum Gasteiger partial charge on any atom is 0.340 e. The maximum atomic E-state index is 10.9. The van der Waals surface area contributed by atoms with Gasteiger partial charge in [0, 0.05) is 8.96 Å². The Balaban J connectivity index is 2.76. The van der Waals surface area contributed by atoms with E-state index in [2.05, 4.69) is 27.7 Å². The fraction of sp³-hybridized carbons (Fsp3) is 0. The van der Waals surface area contributed by atoms with Crippen LogP contribution in [0.5, 0.6) is 0 Å². The van der Waals surface area contributed by atoms with Crippen LogP contribution in [0.4, 0.5) is 4.79 Å². The molecule has 0 aliphatic heterocycles. The van der Waals surface area contributed by atoms with Gasteiger partial charge in [0.2, 0.25) is 0 Å². The Labute approximate surface area is 87.8 Å². The van der Waals surface area contributed by atoms with Crippen molar-refractivity contribution in [2.45, 2.75) is 0 Å². The van der Waals surface area contributed by atoms with Gasteiger partial charge in [0.05, 0.1) is 11.7 Å². The standard InChI is InChI=1S/C8H6IN3O/c9-6-1-2-7-5(3-6)4-11-12(7)8(10)13/h1-4H,(H2,10,13). The third-order valence-electron chi connectivity index (χ3n) is 1.74. The number of benzene rings is 1. The Hall–Kier alpha value is -1.11. The van der Waals surface area contributed by atoms with Crippen LogP contribution in [0.2, 0.25) is 0 Å². The zero-order chi connectivity index (χ0) is 9.42. The Bertz CT molecular complexity index is 477. The molecule has 2 rings (SSSR count). The average Bonchev–Trinajstić information content (AvgIpc) is 2.46. The van der Waals surface area contributed by atoms with Crippen molar-refractivity contribution in [1.29, 1.82) is 0 Å². The van der Waals surface area contributed by atoms with Crippen molar-refractivity contribution in [3.8, 4) is 0 Å². The Morgan fingerprint density at radius 3 is 3.00 bits per heavy atom. The average molecular weight is 287 g/mol. The summed E-state index contributed by atoms with van der Waals surface area (Å²) in [7, 11) is 0. The van der Waals surface area contributed by atoms with E-state index in [1.54, 1.807) is 6.20 Å². The van der Waals surface area contributed by atoms with Crippen LogP contribution >= 0.6 is 22.6 Å². The minimum Gasteiger partial charge on any atom is -0.350 e. The van der Waals surface area contributed by atoms with Gasteiger partial charge >= 0.3 is 6.03 Å². The highest BCUT2D eigenvalue weighted by Gasteiger charge is 2.05. The second kappa shape index (κ2) is 2.99. The lowest BCUT2D eigenvalue weighted by Crippen LogP contribution is -2.20. The number of carbonyl (C=O) groups is 1. The molecule has 1 heterocycles. The first kappa shape index (κ1) is 8.49. The van der Waals surface area contributed by atoms with Gasteiger partial charge < -0.3 is 5.73 Å². The third-order valence-corrected chi connectivity index (χ3v) is 2.41. The van der Waals surface area contributed by atoms with E-state index in [0.717, 1.165) is 14.5 Å². The predicted molar refractivity (Wildman–Crippen MR) is 57.4 cm³/mol. The lowest BCUT2D eigenvalue weighted by molar-refractivity contribution is 0.248. The number of aromatic nitrogens is 2. The van der Waals surface area contributed by atoms with E-state index in [4.69, 9.17) is 5.73 Å². The zero-order valence-corrected chi connectivity index (χ0v) is 8.72. The molecule has 0 unspecified atom stereocenters. The topological polar surface area (TPSA) is 60.9 Å². The van der Waals surface area contributed by atoms with Crippen LogP contribution in [0.3, 0.4) is 0 Å². The number of halogens is 1. The van der Waals surface area contributed by atoms with E-state index in [0.29, 0.717) is 0 Å². The number of rotatable bonds is 0. The molecule has 1 aromatic heterocycles. The number of primary amides is 1. The highest BCUT2D eigenvalue weighted by Crippen LogP contribution is 2.16. The molecule has 0 saturated heterocycles. The zero-order valence-electron chi connectivity index (χ0n) is 6.57. The van der Waals surface area contributed by atoms with Crippen LogP contribution in [0, 0.1) is 3.57 Å². The van der Waals surface area contributed by atoms with Gasteiger partial charge in [-0.2, -0.15) is 9.78 Å². The summed E-state index contributed by atoms with van der Waals surface area (Å²) in [6.45, 7) is 0. The van der Waals surface area contributed by atoms with Crippen LogP contribution in [0.1, 0.15) is 0 Å². The second-order valence-electron chi connectivity index (χ2n) is 2.60. The molecule has 0 radical (unpaired) electrons. The Morgan fingerprint density at radius 2 is 2.31 bits per heavy atom. The molecule has 1 aromatic carbocycles. The van der Waals surface area contributed by atoms with E-state index in [1.165, 1.54) is 4.68 Å². The summed E-state index contributed by atoms with van der Waals surface area (Å²) < 4.78 is 2.29. The van der Waals surface area contributed by atoms with E-state index in [9.17, 15) is 4.79 Å². The van der Waals surface area contributed by atoms with Gasteiger partial charge in [0.25, 0.3) is 0 Å². The van der Waals surface area contributed by atoms with E-state index in [1.807, 2.05) is 18.2 Å². The molecule has 5 heteroatoms. The van der Waals surface area contributed by atoms with Gasteiger partial charge in [-0.25, -0.2) is 4.79 Å². The highest BCUT2D eigenvalue weighted by molar-refractivity contribution is 14.1. The molecule has 0 atom stereocenters. The predicted octanol–water partition coefficient (Wildman–Crippen LogP) is 1.57. The lowest BCUT2D eigenvalue weighted by atomic mass is 10.3. The second-order valence-corrected chi connectivity index (χ2v) is 3.84. The lowest BCUT2D eigenvalue weighted by Gasteiger charge is -1.95. The Morgan fingerprint density at radius 1 is 1.54 bits per heavy atom. The SMILES string of the molecule is NC(=O)n1ncc2cc(I)ccc21. The first-order valence-electron chi connectivity index (χ1n) is 3.61. The van der Waals surface area contributed by atoms with Gasteiger partial charge in [-0.1, -0.05) is 0 Å². The van der Waals surface area contributed by atoms with E-state index < -0.39 is 6.03 Å². The number of hydrogen-bond donors (Lipinski definition) is 1. The first-order chi connectivity index (χ1) is 6.18. The van der Waals surface area contributed by atoms with Crippen molar-refractivity contribution < 1.29 is 4.79 Å². The van der Waals surface area contributed by atoms with Crippen LogP contribution < -0.4 is 5.73 Å². The number of nitrogens with two attached hydrogens (primary N) is 1. The number of hydrogen-bond acceptors (Lipinski definition) is 2. The molecule has 0 saturated carbocycles. The molecule has 0 fully saturated rings. The normalized spacial score (nSPS) is 10.5. The van der Waals surface area contributed by atoms with Crippen molar-refractivity contribution >= 4 is 39.5 Å². The Kier molecular flexibility index (Phi) is 1.95. The number of nitrogens with zero attached hydrogens (tertiary/aromatic N) is 2. The van der Waals surface area contributed by atoms with Gasteiger partial charge in [0.1, 0.15) is 0 Å². The van der Waals surface area contributed by atoms with Crippen molar-refractivity contribution in [1.82, 2.24) is 9.78 Å². The van der Waals surface area contributed by atoms with Crippen molar-refractivity contribution in [2.75, 3.05) is 0 Å². The molecule has 0 spiro atoms. The monoisotopic (exact) mass is 287 g/mol. The molecule has 4 nitrogen and oxygen atoms in total. The van der Waals surface area contributed by atoms with Gasteiger partial charge in [-0.05, 0) is 40.8 Å². The van der Waals surface area contributed by atoms with Crippen LogP contribution in [0.15, 0.2) is 24.4 Å². The van der Waals surface area contributed by atoms with Gasteiger partial charge in [-0.15, -0.1) is 0 Å². The summed E-state index contributed by atoms with van der Waals surface area (Å²) in [5.41, 5.74) is 5.87. The summed E-state index contributed by atoms with van der Waals surface area (Å²) in [6, 6.07) is 5.12. The highest BCUT2D eigenvalue weighted by atomic mass is 127. The first-order valence-corrected chi connectivity index (χ1v) is 4.69. The molecule has 1 amide bonds. The largest absolute Gasteiger partial charge is 0.350 e. The van der Waals surface area contributed by atoms with Gasteiger partial charge in [-0.3, -0.25) is 0 Å².